The van der Waals surface area contributed by atoms with Crippen molar-refractivity contribution in [2.24, 2.45) is 0 Å². The number of morpholine rings is 1. The van der Waals surface area contributed by atoms with E-state index in [-0.39, 0.29) is 0 Å². The molecule has 6 heteroatoms. The molecule has 1 aromatic rings. The van der Waals surface area contributed by atoms with Gasteiger partial charge in [0.05, 0.1) is 30.2 Å². The van der Waals surface area contributed by atoms with Crippen LogP contribution in [0.4, 0.5) is 11.4 Å². The van der Waals surface area contributed by atoms with Crippen molar-refractivity contribution in [1.29, 1.82) is 5.26 Å². The van der Waals surface area contributed by atoms with Crippen molar-refractivity contribution in [3.63, 3.8) is 0 Å². The number of aliphatic hydroxyl groups is 1. The second-order valence-electron chi connectivity index (χ2n) is 4.12. The quantitative estimate of drug-likeness (QED) is 0.818. The molecular formula is C13H15N3O3. The van der Waals surface area contributed by atoms with Gasteiger partial charge in [0.15, 0.2) is 0 Å². The lowest BCUT2D eigenvalue weighted by molar-refractivity contribution is -0.118. The highest BCUT2D eigenvalue weighted by molar-refractivity contribution is 5.94. The molecule has 0 aromatic heterocycles. The van der Waals surface area contributed by atoms with E-state index in [0.29, 0.717) is 37.6 Å². The van der Waals surface area contributed by atoms with E-state index in [1.807, 2.05) is 6.07 Å². The van der Waals surface area contributed by atoms with Gasteiger partial charge in [0.1, 0.15) is 12.7 Å². The largest absolute Gasteiger partial charge is 0.387 e. The number of nitrogens with zero attached hydrogens (tertiary/aromatic N) is 2. The van der Waals surface area contributed by atoms with Gasteiger partial charge in [-0.25, -0.2) is 0 Å². The van der Waals surface area contributed by atoms with E-state index in [2.05, 4.69) is 16.3 Å². The van der Waals surface area contributed by atoms with E-state index in [4.69, 9.17) is 9.84 Å². The molecule has 0 aliphatic carbocycles. The molecule has 1 aromatic carbocycles. The van der Waals surface area contributed by atoms with Crippen LogP contribution < -0.4 is 10.2 Å². The van der Waals surface area contributed by atoms with Crippen LogP contribution in [0.25, 0.3) is 0 Å². The first kappa shape index (κ1) is 13.3. The van der Waals surface area contributed by atoms with Crippen molar-refractivity contribution in [2.75, 3.05) is 43.1 Å². The number of aliphatic hydroxyl groups excluding tert-OH is 1. The van der Waals surface area contributed by atoms with Crippen molar-refractivity contribution in [1.82, 2.24) is 0 Å². The molecule has 0 radical (unpaired) electrons. The lowest BCUT2D eigenvalue weighted by Gasteiger charge is -2.30. The number of nitrogens with one attached hydrogen (secondary N) is 1. The van der Waals surface area contributed by atoms with Crippen LogP contribution in [0.5, 0.6) is 0 Å². The Morgan fingerprint density at radius 1 is 1.47 bits per heavy atom. The van der Waals surface area contributed by atoms with Gasteiger partial charge in [-0.1, -0.05) is 6.07 Å². The fourth-order valence-electron chi connectivity index (χ4n) is 2.02. The Bertz CT molecular complexity index is 504. The van der Waals surface area contributed by atoms with Crippen molar-refractivity contribution >= 4 is 17.3 Å². The summed E-state index contributed by atoms with van der Waals surface area (Å²) >= 11 is 0. The first-order valence-corrected chi connectivity index (χ1v) is 6.02. The predicted molar refractivity (Wildman–Crippen MR) is 69.9 cm³/mol. The van der Waals surface area contributed by atoms with E-state index in [1.54, 1.807) is 12.1 Å². The molecule has 2 N–H and O–H groups in total. The topological polar surface area (TPSA) is 85.6 Å². The minimum absolute atomic E-state index is 0.409. The molecule has 0 bridgehead atoms. The number of amides is 1. The van der Waals surface area contributed by atoms with Crippen molar-refractivity contribution in [3.05, 3.63) is 23.8 Å². The fourth-order valence-corrected chi connectivity index (χ4v) is 2.02. The van der Waals surface area contributed by atoms with E-state index >= 15 is 0 Å². The van der Waals surface area contributed by atoms with Gasteiger partial charge in [-0.05, 0) is 12.1 Å². The third-order valence-electron chi connectivity index (χ3n) is 2.92. The first-order valence-electron chi connectivity index (χ1n) is 6.02. The molecule has 1 aliphatic heterocycles. The maximum Gasteiger partial charge on any atom is 0.250 e. The van der Waals surface area contributed by atoms with Gasteiger partial charge < -0.3 is 20.1 Å². The number of benzene rings is 1. The van der Waals surface area contributed by atoms with Crippen molar-refractivity contribution in [3.8, 4) is 6.07 Å². The molecule has 1 saturated heterocycles. The number of hydrogen-bond donors (Lipinski definition) is 2. The highest BCUT2D eigenvalue weighted by atomic mass is 16.5. The lowest BCUT2D eigenvalue weighted by atomic mass is 10.1. The number of nitriles is 1. The summed E-state index contributed by atoms with van der Waals surface area (Å²) in [7, 11) is 0. The smallest absolute Gasteiger partial charge is 0.250 e. The number of rotatable bonds is 3. The molecule has 0 spiro atoms. The van der Waals surface area contributed by atoms with E-state index in [1.165, 1.54) is 0 Å². The van der Waals surface area contributed by atoms with E-state index in [0.717, 1.165) is 5.69 Å². The predicted octanol–water partition coefficient (Wildman–Crippen LogP) is 0.326. The van der Waals surface area contributed by atoms with Crippen LogP contribution in [0, 0.1) is 11.3 Å². The Balaban J connectivity index is 2.31. The van der Waals surface area contributed by atoms with Crippen LogP contribution in [0.2, 0.25) is 0 Å². The Morgan fingerprint density at radius 2 is 2.21 bits per heavy atom. The van der Waals surface area contributed by atoms with Gasteiger partial charge in [-0.2, -0.15) is 5.26 Å². The van der Waals surface area contributed by atoms with Gasteiger partial charge in [0.2, 0.25) is 5.91 Å². The average Bonchev–Trinajstić information content (AvgIpc) is 2.47. The monoisotopic (exact) mass is 261 g/mol. The standard InChI is InChI=1S/C13H15N3O3/c14-8-10-11(15-13(18)9-17)2-1-3-12(10)16-4-6-19-7-5-16/h1-3,17H,4-7,9H2,(H,15,18). The van der Waals surface area contributed by atoms with Crippen LogP contribution in [-0.4, -0.2) is 43.9 Å². The summed E-state index contributed by atoms with van der Waals surface area (Å²) in [5.41, 5.74) is 1.61. The van der Waals surface area contributed by atoms with Gasteiger partial charge in [-0.3, -0.25) is 4.79 Å². The van der Waals surface area contributed by atoms with E-state index in [9.17, 15) is 10.1 Å². The maximum atomic E-state index is 11.2. The molecule has 1 heterocycles. The SMILES string of the molecule is N#Cc1c(NC(=O)CO)cccc1N1CCOCC1. The van der Waals surface area contributed by atoms with E-state index < -0.39 is 12.5 Å². The average molecular weight is 261 g/mol. The summed E-state index contributed by atoms with van der Waals surface area (Å²) in [5, 5.41) is 20.6. The maximum absolute atomic E-state index is 11.2. The van der Waals surface area contributed by atoms with Crippen molar-refractivity contribution < 1.29 is 14.6 Å². The summed E-state index contributed by atoms with van der Waals surface area (Å²) in [6, 6.07) is 7.38. The Kier molecular flexibility index (Phi) is 4.34. The molecule has 0 unspecified atom stereocenters. The second kappa shape index (κ2) is 6.18. The summed E-state index contributed by atoms with van der Waals surface area (Å²) < 4.78 is 5.28. The van der Waals surface area contributed by atoms with Crippen LogP contribution in [0.3, 0.4) is 0 Å². The van der Waals surface area contributed by atoms with Gasteiger partial charge >= 0.3 is 0 Å². The number of hydrogen-bond acceptors (Lipinski definition) is 5. The van der Waals surface area contributed by atoms with Crippen LogP contribution in [0.1, 0.15) is 5.56 Å². The molecule has 0 atom stereocenters. The number of carbonyl (C=O) groups is 1. The zero-order valence-electron chi connectivity index (χ0n) is 10.4. The number of carbonyl (C=O) groups excluding carboxylic acids is 1. The number of anilines is 2. The fraction of sp³-hybridized carbons (Fsp3) is 0.385. The summed E-state index contributed by atoms with van der Waals surface area (Å²) in [6.07, 6.45) is 0. The minimum atomic E-state index is -0.605. The van der Waals surface area contributed by atoms with Crippen LogP contribution >= 0.6 is 0 Å². The summed E-state index contributed by atoms with van der Waals surface area (Å²) in [4.78, 5) is 13.3. The number of ether oxygens (including phenoxy) is 1. The molecule has 19 heavy (non-hydrogen) atoms. The van der Waals surface area contributed by atoms with Crippen LogP contribution in [0.15, 0.2) is 18.2 Å². The van der Waals surface area contributed by atoms with Gasteiger partial charge in [0.25, 0.3) is 0 Å². The zero-order valence-corrected chi connectivity index (χ0v) is 10.4. The molecule has 1 fully saturated rings. The lowest BCUT2D eigenvalue weighted by Crippen LogP contribution is -2.36. The minimum Gasteiger partial charge on any atom is -0.387 e. The molecule has 2 rings (SSSR count). The Morgan fingerprint density at radius 3 is 2.84 bits per heavy atom. The Hall–Kier alpha value is -2.10. The summed E-state index contributed by atoms with van der Waals surface area (Å²) in [5.74, 6) is -0.532. The Labute approximate surface area is 111 Å². The first-order chi connectivity index (χ1) is 9.26. The highest BCUT2D eigenvalue weighted by Crippen LogP contribution is 2.27. The van der Waals surface area contributed by atoms with Gasteiger partial charge in [0, 0.05) is 13.1 Å². The molecule has 0 saturated carbocycles. The van der Waals surface area contributed by atoms with Gasteiger partial charge in [-0.15, -0.1) is 0 Å². The highest BCUT2D eigenvalue weighted by Gasteiger charge is 2.17. The summed E-state index contributed by atoms with van der Waals surface area (Å²) in [6.45, 7) is 2.07. The second-order valence-corrected chi connectivity index (χ2v) is 4.12. The normalized spacial score (nSPS) is 14.8. The molecule has 1 aliphatic rings. The molecule has 6 nitrogen and oxygen atoms in total. The third kappa shape index (κ3) is 3.02. The third-order valence-corrected chi connectivity index (χ3v) is 2.92. The molecule has 100 valence electrons. The molecular weight excluding hydrogens is 246 g/mol. The zero-order chi connectivity index (χ0) is 13.7. The van der Waals surface area contributed by atoms with Crippen LogP contribution in [-0.2, 0) is 9.53 Å². The molecule has 1 amide bonds. The van der Waals surface area contributed by atoms with Crippen molar-refractivity contribution in [2.45, 2.75) is 0 Å².